The monoisotopic (exact) mass is 315 g/mol. The van der Waals surface area contributed by atoms with E-state index >= 15 is 0 Å². The van der Waals surface area contributed by atoms with Crippen LogP contribution in [0.3, 0.4) is 0 Å². The summed E-state index contributed by atoms with van der Waals surface area (Å²) in [5.41, 5.74) is -0.453. The number of rotatable bonds is 7. The van der Waals surface area contributed by atoms with Gasteiger partial charge in [0, 0.05) is 24.7 Å². The first-order chi connectivity index (χ1) is 10.3. The smallest absolute Gasteiger partial charge is 0.407 e. The third-order valence-electron chi connectivity index (χ3n) is 3.47. The number of alkyl carbamates (subject to hydrolysis) is 1. The number of morpholine rings is 1. The quantitative estimate of drug-likeness (QED) is 0.666. The SMILES string of the molecule is CC(CC1COCCN1)NCCC(C)NC(=O)OC(C)(C)C. The van der Waals surface area contributed by atoms with Gasteiger partial charge in [0.05, 0.1) is 13.2 Å². The second-order valence-corrected chi connectivity index (χ2v) is 7.15. The van der Waals surface area contributed by atoms with Gasteiger partial charge in [0.25, 0.3) is 0 Å². The lowest BCUT2D eigenvalue weighted by Gasteiger charge is -2.27. The van der Waals surface area contributed by atoms with E-state index in [-0.39, 0.29) is 12.1 Å². The lowest BCUT2D eigenvalue weighted by atomic mass is 10.1. The average Bonchev–Trinajstić information content (AvgIpc) is 2.37. The Morgan fingerprint density at radius 3 is 2.68 bits per heavy atom. The summed E-state index contributed by atoms with van der Waals surface area (Å²) < 4.78 is 10.7. The number of carbonyl (C=O) groups excluding carboxylic acids is 1. The molecule has 0 aromatic heterocycles. The Hall–Kier alpha value is -0.850. The van der Waals surface area contributed by atoms with Crippen LogP contribution in [0.4, 0.5) is 4.79 Å². The Balaban J connectivity index is 2.10. The minimum absolute atomic E-state index is 0.0886. The van der Waals surface area contributed by atoms with Crippen molar-refractivity contribution in [2.24, 2.45) is 0 Å². The van der Waals surface area contributed by atoms with E-state index in [1.54, 1.807) is 0 Å². The molecule has 1 heterocycles. The minimum atomic E-state index is -0.453. The largest absolute Gasteiger partial charge is 0.444 e. The van der Waals surface area contributed by atoms with Gasteiger partial charge in [0.2, 0.25) is 0 Å². The second-order valence-electron chi connectivity index (χ2n) is 7.15. The molecular weight excluding hydrogens is 282 g/mol. The van der Waals surface area contributed by atoms with Crippen LogP contribution < -0.4 is 16.0 Å². The van der Waals surface area contributed by atoms with Crippen molar-refractivity contribution in [3.8, 4) is 0 Å². The molecule has 3 atom stereocenters. The number of nitrogens with one attached hydrogen (secondary N) is 3. The van der Waals surface area contributed by atoms with Crippen molar-refractivity contribution in [3.05, 3.63) is 0 Å². The lowest BCUT2D eigenvalue weighted by Crippen LogP contribution is -2.45. The Bertz CT molecular complexity index is 325. The van der Waals surface area contributed by atoms with Crippen LogP contribution in [0.1, 0.15) is 47.5 Å². The average molecular weight is 315 g/mol. The molecule has 22 heavy (non-hydrogen) atoms. The van der Waals surface area contributed by atoms with Crippen molar-refractivity contribution in [2.45, 2.75) is 71.2 Å². The van der Waals surface area contributed by atoms with Crippen molar-refractivity contribution < 1.29 is 14.3 Å². The third-order valence-corrected chi connectivity index (χ3v) is 3.47. The molecule has 6 heteroatoms. The maximum Gasteiger partial charge on any atom is 0.407 e. The fourth-order valence-corrected chi connectivity index (χ4v) is 2.41. The van der Waals surface area contributed by atoms with Gasteiger partial charge in [-0.25, -0.2) is 4.79 Å². The van der Waals surface area contributed by atoms with Gasteiger partial charge >= 0.3 is 6.09 Å². The number of hydrogen-bond acceptors (Lipinski definition) is 5. The molecule has 1 amide bonds. The van der Waals surface area contributed by atoms with E-state index in [0.717, 1.165) is 39.1 Å². The molecule has 0 aromatic rings. The fraction of sp³-hybridized carbons (Fsp3) is 0.938. The third kappa shape index (κ3) is 9.23. The highest BCUT2D eigenvalue weighted by Gasteiger charge is 2.18. The van der Waals surface area contributed by atoms with Gasteiger partial charge in [-0.15, -0.1) is 0 Å². The van der Waals surface area contributed by atoms with E-state index in [1.807, 2.05) is 27.7 Å². The van der Waals surface area contributed by atoms with Crippen LogP contribution in [0.5, 0.6) is 0 Å². The molecule has 130 valence electrons. The molecule has 1 saturated heterocycles. The number of ether oxygens (including phenoxy) is 2. The first-order valence-corrected chi connectivity index (χ1v) is 8.30. The molecule has 6 nitrogen and oxygen atoms in total. The topological polar surface area (TPSA) is 71.6 Å². The highest BCUT2D eigenvalue weighted by Crippen LogP contribution is 2.07. The Morgan fingerprint density at radius 1 is 1.36 bits per heavy atom. The van der Waals surface area contributed by atoms with E-state index in [2.05, 4.69) is 22.9 Å². The highest BCUT2D eigenvalue weighted by atomic mass is 16.6. The summed E-state index contributed by atoms with van der Waals surface area (Å²) in [6.07, 6.45) is 1.57. The standard InChI is InChI=1S/C16H33N3O3/c1-12(19-15(20)22-16(3,4)5)6-7-17-13(2)10-14-11-21-9-8-18-14/h12-14,17-18H,6-11H2,1-5H3,(H,19,20). The molecule has 0 saturated carbocycles. The van der Waals surface area contributed by atoms with Crippen LogP contribution in [0.2, 0.25) is 0 Å². The van der Waals surface area contributed by atoms with Gasteiger partial charge in [-0.2, -0.15) is 0 Å². The Kier molecular flexibility index (Phi) is 8.14. The van der Waals surface area contributed by atoms with Crippen molar-refractivity contribution in [1.29, 1.82) is 0 Å². The van der Waals surface area contributed by atoms with E-state index in [0.29, 0.717) is 12.1 Å². The zero-order valence-corrected chi connectivity index (χ0v) is 14.7. The maximum atomic E-state index is 11.7. The zero-order chi connectivity index (χ0) is 16.6. The van der Waals surface area contributed by atoms with Crippen LogP contribution in [0.15, 0.2) is 0 Å². The van der Waals surface area contributed by atoms with Crippen molar-refractivity contribution in [2.75, 3.05) is 26.3 Å². The van der Waals surface area contributed by atoms with E-state index in [4.69, 9.17) is 9.47 Å². The lowest BCUT2D eigenvalue weighted by molar-refractivity contribution is 0.0506. The van der Waals surface area contributed by atoms with Crippen LogP contribution in [-0.2, 0) is 9.47 Å². The first kappa shape index (κ1) is 19.2. The van der Waals surface area contributed by atoms with E-state index < -0.39 is 5.60 Å². The summed E-state index contributed by atoms with van der Waals surface area (Å²) in [5, 5.41) is 9.81. The summed E-state index contributed by atoms with van der Waals surface area (Å²) in [4.78, 5) is 11.7. The molecule has 0 bridgehead atoms. The van der Waals surface area contributed by atoms with E-state index in [9.17, 15) is 4.79 Å². The summed E-state index contributed by atoms with van der Waals surface area (Å²) in [6, 6.07) is 0.951. The predicted molar refractivity (Wildman–Crippen MR) is 88.1 cm³/mol. The van der Waals surface area contributed by atoms with Gasteiger partial charge in [0.15, 0.2) is 0 Å². The van der Waals surface area contributed by atoms with Crippen LogP contribution in [-0.4, -0.2) is 56.1 Å². The van der Waals surface area contributed by atoms with Crippen LogP contribution in [0.25, 0.3) is 0 Å². The molecule has 3 N–H and O–H groups in total. The molecule has 0 aromatic carbocycles. The van der Waals surface area contributed by atoms with Crippen molar-refractivity contribution >= 4 is 6.09 Å². The summed E-state index contributed by atoms with van der Waals surface area (Å²) >= 11 is 0. The number of amides is 1. The molecule has 1 aliphatic heterocycles. The predicted octanol–water partition coefficient (Wildman–Crippen LogP) is 1.65. The van der Waals surface area contributed by atoms with Gasteiger partial charge < -0.3 is 25.4 Å². The molecule has 0 spiro atoms. The Labute approximate surface area is 134 Å². The zero-order valence-electron chi connectivity index (χ0n) is 14.7. The molecule has 1 fully saturated rings. The fourth-order valence-electron chi connectivity index (χ4n) is 2.41. The number of carbonyl (C=O) groups is 1. The van der Waals surface area contributed by atoms with Gasteiger partial charge in [-0.1, -0.05) is 0 Å². The number of hydrogen-bond donors (Lipinski definition) is 3. The van der Waals surface area contributed by atoms with Crippen molar-refractivity contribution in [1.82, 2.24) is 16.0 Å². The molecular formula is C16H33N3O3. The minimum Gasteiger partial charge on any atom is -0.444 e. The van der Waals surface area contributed by atoms with Gasteiger partial charge in [0.1, 0.15) is 5.60 Å². The van der Waals surface area contributed by atoms with Crippen molar-refractivity contribution in [3.63, 3.8) is 0 Å². The molecule has 0 aliphatic carbocycles. The normalized spacial score (nSPS) is 22.0. The van der Waals surface area contributed by atoms with Crippen LogP contribution >= 0.6 is 0 Å². The molecule has 0 radical (unpaired) electrons. The summed E-state index contributed by atoms with van der Waals surface area (Å²) in [5.74, 6) is 0. The molecule has 3 unspecified atom stereocenters. The Morgan fingerprint density at radius 2 is 2.09 bits per heavy atom. The first-order valence-electron chi connectivity index (χ1n) is 8.30. The molecule has 1 aliphatic rings. The second kappa shape index (κ2) is 9.33. The van der Waals surface area contributed by atoms with E-state index in [1.165, 1.54) is 0 Å². The summed E-state index contributed by atoms with van der Waals surface area (Å²) in [6.45, 7) is 13.2. The summed E-state index contributed by atoms with van der Waals surface area (Å²) in [7, 11) is 0. The molecule has 1 rings (SSSR count). The maximum absolute atomic E-state index is 11.7. The highest BCUT2D eigenvalue weighted by molar-refractivity contribution is 5.67. The van der Waals surface area contributed by atoms with Gasteiger partial charge in [-0.05, 0) is 54.0 Å². The van der Waals surface area contributed by atoms with Crippen LogP contribution in [0, 0.1) is 0 Å². The van der Waals surface area contributed by atoms with Gasteiger partial charge in [-0.3, -0.25) is 0 Å².